The third-order valence-electron chi connectivity index (χ3n) is 5.97. The lowest BCUT2D eigenvalue weighted by Gasteiger charge is -2.53. The summed E-state index contributed by atoms with van der Waals surface area (Å²) in [6, 6.07) is 10.1. The van der Waals surface area contributed by atoms with E-state index in [2.05, 4.69) is 15.3 Å². The molecule has 0 saturated carbocycles. The van der Waals surface area contributed by atoms with Crippen molar-refractivity contribution in [1.29, 1.82) is 0 Å². The molecule has 36 heavy (non-hydrogen) atoms. The van der Waals surface area contributed by atoms with Gasteiger partial charge >= 0.3 is 5.97 Å². The molecule has 2 N–H and O–H groups in total. The molecule has 12 heteroatoms. The lowest BCUT2D eigenvalue weighted by Crippen LogP contribution is -2.73. The van der Waals surface area contributed by atoms with E-state index in [4.69, 9.17) is 0 Å². The third kappa shape index (κ3) is 4.75. The van der Waals surface area contributed by atoms with Gasteiger partial charge in [-0.15, -0.1) is 23.1 Å². The summed E-state index contributed by atoms with van der Waals surface area (Å²) in [6.45, 7) is 0.0143. The lowest BCUT2D eigenvalue weighted by atomic mass is 9.87. The zero-order valence-corrected chi connectivity index (χ0v) is 21.1. The number of amides is 2. The van der Waals surface area contributed by atoms with E-state index in [1.807, 2.05) is 30.3 Å². The minimum absolute atomic E-state index is 0.0143. The summed E-state index contributed by atoms with van der Waals surface area (Å²) < 4.78 is 0.660. The van der Waals surface area contributed by atoms with E-state index < -0.39 is 17.4 Å². The molecule has 2 unspecified atom stereocenters. The first-order valence-corrected chi connectivity index (χ1v) is 13.7. The number of β-lactam (4-membered cyclic amide) rings is 1. The van der Waals surface area contributed by atoms with Crippen LogP contribution in [0.25, 0.3) is 10.3 Å². The molecule has 4 heterocycles. The van der Waals surface area contributed by atoms with Gasteiger partial charge in [0.25, 0.3) is 0 Å². The highest BCUT2D eigenvalue weighted by atomic mass is 32.2. The number of aromatic nitrogens is 2. The zero-order chi connectivity index (χ0) is 25.3. The van der Waals surface area contributed by atoms with Crippen LogP contribution in [0.2, 0.25) is 0 Å². The van der Waals surface area contributed by atoms with Crippen LogP contribution in [0.1, 0.15) is 5.56 Å². The monoisotopic (exact) mass is 540 g/mol. The van der Waals surface area contributed by atoms with E-state index in [1.54, 1.807) is 11.5 Å². The molecule has 2 fully saturated rings. The smallest absolute Gasteiger partial charge is 0.316 e. The minimum atomic E-state index is -1.27. The summed E-state index contributed by atoms with van der Waals surface area (Å²) in [5.74, 6) is -1.32. The van der Waals surface area contributed by atoms with Crippen molar-refractivity contribution in [3.8, 4) is 0 Å². The number of fused-ring (bicyclic) bond motifs is 2. The van der Waals surface area contributed by atoms with E-state index in [1.165, 1.54) is 58.2 Å². The highest BCUT2D eigenvalue weighted by Crippen LogP contribution is 2.43. The Morgan fingerprint density at radius 3 is 2.78 bits per heavy atom. The number of nitrogens with zero attached hydrogens (tertiary/aromatic N) is 3. The van der Waals surface area contributed by atoms with Crippen molar-refractivity contribution in [2.24, 2.45) is 5.41 Å². The maximum absolute atomic E-state index is 12.8. The van der Waals surface area contributed by atoms with Crippen molar-refractivity contribution < 1.29 is 19.5 Å². The number of rotatable bonds is 7. The van der Waals surface area contributed by atoms with Gasteiger partial charge in [-0.3, -0.25) is 19.2 Å². The molecule has 184 valence electrons. The molecule has 1 aromatic carbocycles. The van der Waals surface area contributed by atoms with Crippen LogP contribution in [-0.2, 0) is 20.8 Å². The Hall–Kier alpha value is -3.22. The van der Waals surface area contributed by atoms with Crippen molar-refractivity contribution in [1.82, 2.24) is 20.2 Å². The Bertz CT molecular complexity index is 1430. The fraction of sp³-hybridized carbons (Fsp3) is 0.250. The molecule has 0 spiro atoms. The summed E-state index contributed by atoms with van der Waals surface area (Å²) in [6.07, 6.45) is 4.73. The molecular weight excluding hydrogens is 520 g/mol. The maximum atomic E-state index is 12.8. The Morgan fingerprint density at radius 2 is 2.00 bits per heavy atom. The van der Waals surface area contributed by atoms with Gasteiger partial charge in [-0.2, -0.15) is 0 Å². The SMILES string of the molecule is O=C(Cc1ccccc1)NC1C(=O)N2CC(C=CSc3cc(=O)c4nccnc4s3)(C(=O)O)CS[C@H]12. The van der Waals surface area contributed by atoms with E-state index in [0.29, 0.717) is 14.6 Å². The number of aliphatic carboxylic acids is 1. The maximum Gasteiger partial charge on any atom is 0.316 e. The number of carboxylic acids is 1. The van der Waals surface area contributed by atoms with Gasteiger partial charge in [0.05, 0.1) is 10.6 Å². The number of carboxylic acid groups (broad SMARTS) is 1. The van der Waals surface area contributed by atoms with Gasteiger partial charge in [0.1, 0.15) is 27.2 Å². The molecular formula is C24H20N4O5S3. The Balaban J connectivity index is 1.24. The van der Waals surface area contributed by atoms with Crippen LogP contribution in [-0.4, -0.2) is 61.5 Å². The highest BCUT2D eigenvalue weighted by molar-refractivity contribution is 8.04. The average molecular weight is 541 g/mol. The van der Waals surface area contributed by atoms with Gasteiger partial charge in [-0.25, -0.2) is 9.97 Å². The number of benzene rings is 1. The summed E-state index contributed by atoms with van der Waals surface area (Å²) in [5.41, 5.74) is -0.367. The molecule has 2 aliphatic rings. The summed E-state index contributed by atoms with van der Waals surface area (Å²) in [5, 5.41) is 14.2. The fourth-order valence-electron chi connectivity index (χ4n) is 4.06. The van der Waals surface area contributed by atoms with Crippen LogP contribution in [0.4, 0.5) is 0 Å². The molecule has 0 aliphatic carbocycles. The first kappa shape index (κ1) is 24.5. The zero-order valence-electron chi connectivity index (χ0n) is 18.7. The van der Waals surface area contributed by atoms with Crippen LogP contribution in [0, 0.1) is 5.41 Å². The molecule has 9 nitrogen and oxygen atoms in total. The molecule has 3 atom stereocenters. The Kier molecular flexibility index (Phi) is 6.82. The highest BCUT2D eigenvalue weighted by Gasteiger charge is 2.56. The van der Waals surface area contributed by atoms with E-state index in [-0.39, 0.29) is 41.3 Å². The minimum Gasteiger partial charge on any atom is -0.481 e. The Labute approximate surface area is 218 Å². The fourth-order valence-corrected chi connectivity index (χ4v) is 7.53. The normalized spacial score (nSPS) is 23.3. The van der Waals surface area contributed by atoms with Crippen molar-refractivity contribution in [2.45, 2.75) is 22.0 Å². The number of carbonyl (C=O) groups excluding carboxylic acids is 2. The second kappa shape index (κ2) is 10.0. The van der Waals surface area contributed by atoms with E-state index >= 15 is 0 Å². The third-order valence-corrected chi connectivity index (χ3v) is 9.49. The van der Waals surface area contributed by atoms with Crippen molar-refractivity contribution in [2.75, 3.05) is 12.3 Å². The predicted molar refractivity (Wildman–Crippen MR) is 139 cm³/mol. The van der Waals surface area contributed by atoms with Crippen molar-refractivity contribution >= 4 is 63.0 Å². The van der Waals surface area contributed by atoms with Crippen LogP contribution >= 0.6 is 34.9 Å². The first-order chi connectivity index (χ1) is 17.4. The number of hydrogen-bond donors (Lipinski definition) is 2. The average Bonchev–Trinajstić information content (AvgIpc) is 2.88. The van der Waals surface area contributed by atoms with Gasteiger partial charge < -0.3 is 15.3 Å². The number of thioether (sulfide) groups is 2. The van der Waals surface area contributed by atoms with Gasteiger partial charge in [-0.1, -0.05) is 48.2 Å². The van der Waals surface area contributed by atoms with Crippen LogP contribution in [0.3, 0.4) is 0 Å². The van der Waals surface area contributed by atoms with Crippen LogP contribution < -0.4 is 10.7 Å². The van der Waals surface area contributed by atoms with Gasteiger partial charge in [-0.05, 0) is 11.0 Å². The van der Waals surface area contributed by atoms with Crippen LogP contribution in [0.15, 0.2) is 69.3 Å². The van der Waals surface area contributed by atoms with Gasteiger partial charge in [0, 0.05) is 30.8 Å². The molecule has 2 amide bonds. The molecule has 2 saturated heterocycles. The standard InChI is InChI=1S/C24H20N4O5S3/c29-15-11-17(36-20-18(15)25-7-8-26-20)34-9-6-24(23(32)33)12-28-21(31)19(22(28)35-13-24)27-16(30)10-14-4-2-1-3-5-14/h1-9,11,19,22H,10,12-13H2,(H,27,30)(H,32,33)/t19?,22-,24?/m1/s1. The van der Waals surface area contributed by atoms with Gasteiger partial charge in [0.2, 0.25) is 17.2 Å². The van der Waals surface area contributed by atoms with Crippen molar-refractivity contribution in [3.63, 3.8) is 0 Å². The largest absolute Gasteiger partial charge is 0.481 e. The molecule has 2 aromatic heterocycles. The predicted octanol–water partition coefficient (Wildman–Crippen LogP) is 2.37. The van der Waals surface area contributed by atoms with Crippen molar-refractivity contribution in [3.05, 3.63) is 76.1 Å². The topological polar surface area (TPSA) is 130 Å². The quantitative estimate of drug-likeness (QED) is 0.343. The van der Waals surface area contributed by atoms with Crippen LogP contribution in [0.5, 0.6) is 0 Å². The molecule has 0 bridgehead atoms. The summed E-state index contributed by atoms with van der Waals surface area (Å²) >= 11 is 3.86. The summed E-state index contributed by atoms with van der Waals surface area (Å²) in [4.78, 5) is 60.0. The molecule has 2 aliphatic heterocycles. The molecule has 0 radical (unpaired) electrons. The number of carbonyl (C=O) groups is 3. The van der Waals surface area contributed by atoms with Gasteiger partial charge in [0.15, 0.2) is 0 Å². The number of nitrogens with one attached hydrogen (secondary N) is 1. The van der Waals surface area contributed by atoms with E-state index in [0.717, 1.165) is 5.56 Å². The second-order valence-corrected chi connectivity index (χ2v) is 11.7. The lowest BCUT2D eigenvalue weighted by molar-refractivity contribution is -0.156. The molecule has 3 aromatic rings. The second-order valence-electron chi connectivity index (χ2n) is 8.40. The number of hydrogen-bond acceptors (Lipinski definition) is 9. The first-order valence-electron chi connectivity index (χ1n) is 10.9. The van der Waals surface area contributed by atoms with E-state index in [9.17, 15) is 24.3 Å². The summed E-state index contributed by atoms with van der Waals surface area (Å²) in [7, 11) is 0. The molecule has 5 rings (SSSR count). The Morgan fingerprint density at radius 1 is 1.22 bits per heavy atom.